The summed E-state index contributed by atoms with van der Waals surface area (Å²) in [5.74, 6) is 0.323. The molecule has 136 valence electrons. The molecule has 3 N–H and O–H groups in total. The fourth-order valence-corrected chi connectivity index (χ4v) is 4.78. The molecule has 1 aliphatic heterocycles. The monoisotopic (exact) mass is 381 g/mol. The van der Waals surface area contributed by atoms with Gasteiger partial charge < -0.3 is 10.0 Å². The van der Waals surface area contributed by atoms with Crippen LogP contribution in [0.5, 0.6) is 0 Å². The van der Waals surface area contributed by atoms with Crippen LogP contribution in [0, 0.1) is 13.8 Å². The molecule has 0 saturated carbocycles. The maximum atomic E-state index is 11.9. The first-order chi connectivity index (χ1) is 11.6. The minimum Gasteiger partial charge on any atom is -0.366 e. The second-order valence-corrected chi connectivity index (χ2v) is 8.35. The number of nitrogens with two attached hydrogens (primary N) is 1. The fourth-order valence-electron chi connectivity index (χ4n) is 2.70. The normalized spacial score (nSPS) is 22.4. The quantitative estimate of drug-likeness (QED) is 0.734. The number of aliphatic imine (C=N–C) groups is 1. The van der Waals surface area contributed by atoms with E-state index in [0.717, 1.165) is 5.56 Å². The lowest BCUT2D eigenvalue weighted by atomic mass is 9.98. The largest absolute Gasteiger partial charge is 0.366 e. The molecule has 1 heterocycles. The van der Waals surface area contributed by atoms with Crippen LogP contribution in [0.4, 0.5) is 0 Å². The van der Waals surface area contributed by atoms with Crippen molar-refractivity contribution in [3.63, 3.8) is 0 Å². The summed E-state index contributed by atoms with van der Waals surface area (Å²) in [5.41, 5.74) is 0.403. The zero-order chi connectivity index (χ0) is 18.8. The first kappa shape index (κ1) is 19.7. The number of primary sulfonamides is 1. The third kappa shape index (κ3) is 3.82. The van der Waals surface area contributed by atoms with Crippen LogP contribution in [0.3, 0.4) is 0 Å². The summed E-state index contributed by atoms with van der Waals surface area (Å²) in [7, 11) is -3.89. The van der Waals surface area contributed by atoms with Crippen LogP contribution in [-0.4, -0.2) is 42.4 Å². The molecule has 0 aliphatic carbocycles. The van der Waals surface area contributed by atoms with E-state index in [-0.39, 0.29) is 4.90 Å². The van der Waals surface area contributed by atoms with Gasteiger partial charge in [0.05, 0.1) is 17.2 Å². The molecule has 0 bridgehead atoms. The number of aliphatic hydroxyl groups is 1. The molecule has 2 rings (SSSR count). The van der Waals surface area contributed by atoms with Gasteiger partial charge in [0.2, 0.25) is 10.0 Å². The predicted molar refractivity (Wildman–Crippen MR) is 103 cm³/mol. The average Bonchev–Trinajstić information content (AvgIpc) is 2.85. The van der Waals surface area contributed by atoms with E-state index in [0.29, 0.717) is 35.1 Å². The number of thioether (sulfide) groups is 1. The lowest BCUT2D eigenvalue weighted by Gasteiger charge is -2.34. The van der Waals surface area contributed by atoms with Crippen molar-refractivity contribution in [3.05, 3.63) is 54.1 Å². The minimum absolute atomic E-state index is 0.0240. The molecule has 1 aromatic carbocycles. The predicted octanol–water partition coefficient (Wildman–Crippen LogP) is 1.87. The summed E-state index contributed by atoms with van der Waals surface area (Å²) in [6, 6.07) is 3.24. The molecule has 1 saturated heterocycles. The number of benzene rings is 1. The van der Waals surface area contributed by atoms with E-state index in [1.165, 1.54) is 17.8 Å². The molecule has 1 unspecified atom stereocenters. The summed E-state index contributed by atoms with van der Waals surface area (Å²) in [4.78, 5) is 6.15. The Labute approximate surface area is 153 Å². The molecular weight excluding hydrogens is 358 g/mol. The van der Waals surface area contributed by atoms with Crippen molar-refractivity contribution < 1.29 is 13.5 Å². The summed E-state index contributed by atoms with van der Waals surface area (Å²) < 4.78 is 23.8. The van der Waals surface area contributed by atoms with Crippen LogP contribution in [-0.2, 0) is 15.7 Å². The first-order valence-electron chi connectivity index (χ1n) is 7.68. The molecule has 25 heavy (non-hydrogen) atoms. The summed E-state index contributed by atoms with van der Waals surface area (Å²) in [6.45, 7) is 11.7. The maximum absolute atomic E-state index is 11.9. The highest BCUT2D eigenvalue weighted by Gasteiger charge is 2.44. The van der Waals surface area contributed by atoms with Gasteiger partial charge in [0, 0.05) is 12.1 Å². The summed E-state index contributed by atoms with van der Waals surface area (Å²) in [5, 5.41) is 17.4. The lowest BCUT2D eigenvalue weighted by Crippen LogP contribution is -2.45. The van der Waals surface area contributed by atoms with E-state index in [1.807, 2.05) is 0 Å². The van der Waals surface area contributed by atoms with E-state index in [4.69, 9.17) is 5.14 Å². The molecule has 0 radical (unpaired) electrons. The molecule has 8 heteroatoms. The van der Waals surface area contributed by atoms with Crippen LogP contribution in [0.2, 0.25) is 0 Å². The van der Waals surface area contributed by atoms with Crippen molar-refractivity contribution in [2.45, 2.75) is 24.5 Å². The van der Waals surface area contributed by atoms with E-state index in [2.05, 4.69) is 18.2 Å². The number of amidine groups is 1. The molecule has 6 nitrogen and oxygen atoms in total. The molecular formula is C17H23N3O3S2. The van der Waals surface area contributed by atoms with Gasteiger partial charge in [-0.2, -0.15) is 0 Å². The number of sulfonamides is 1. The van der Waals surface area contributed by atoms with Gasteiger partial charge in [-0.15, -0.1) is 13.2 Å². The Morgan fingerprint density at radius 3 is 2.64 bits per heavy atom. The zero-order valence-electron chi connectivity index (χ0n) is 14.4. The van der Waals surface area contributed by atoms with Gasteiger partial charge in [-0.3, -0.25) is 4.99 Å². The van der Waals surface area contributed by atoms with E-state index < -0.39 is 15.7 Å². The van der Waals surface area contributed by atoms with Gasteiger partial charge in [0.25, 0.3) is 0 Å². The average molecular weight is 382 g/mol. The van der Waals surface area contributed by atoms with Gasteiger partial charge in [0.15, 0.2) is 10.9 Å². The van der Waals surface area contributed by atoms with E-state index in [9.17, 15) is 13.5 Å². The van der Waals surface area contributed by atoms with Gasteiger partial charge in [0.1, 0.15) is 0 Å². The minimum atomic E-state index is -3.89. The third-order valence-corrected chi connectivity index (χ3v) is 6.33. The summed E-state index contributed by atoms with van der Waals surface area (Å²) >= 11 is 1.41. The Morgan fingerprint density at radius 2 is 2.08 bits per heavy atom. The number of rotatable bonds is 6. The van der Waals surface area contributed by atoms with Crippen LogP contribution in [0.25, 0.3) is 0 Å². The van der Waals surface area contributed by atoms with Crippen molar-refractivity contribution in [1.29, 1.82) is 0 Å². The SMILES string of the molecule is C=CCN=C1SCC(O)(c2cc(C)c(C)c(S(N)(=O)=O)c2)N1CC=C. The summed E-state index contributed by atoms with van der Waals surface area (Å²) in [6.07, 6.45) is 3.34. The third-order valence-electron chi connectivity index (χ3n) is 4.14. The van der Waals surface area contributed by atoms with Crippen molar-refractivity contribution in [1.82, 2.24) is 4.90 Å². The molecule has 1 fully saturated rings. The van der Waals surface area contributed by atoms with Gasteiger partial charge >= 0.3 is 0 Å². The van der Waals surface area contributed by atoms with Gasteiger partial charge in [-0.1, -0.05) is 30.0 Å². The number of hydrogen-bond donors (Lipinski definition) is 2. The standard InChI is InChI=1S/C17H23N3O3S2/c1-5-7-19-16-20(8-6-2)17(21,11-24-16)14-9-12(3)13(4)15(10-14)25(18,22)23/h5-6,9-10,21H,1-2,7-8,11H2,3-4H3,(H2,18,22,23). The molecule has 1 aliphatic rings. The van der Waals surface area contributed by atoms with Gasteiger partial charge in [-0.25, -0.2) is 13.6 Å². The zero-order valence-corrected chi connectivity index (χ0v) is 16.0. The maximum Gasteiger partial charge on any atom is 0.238 e. The topological polar surface area (TPSA) is 96.0 Å². The molecule has 0 aromatic heterocycles. The highest BCUT2D eigenvalue weighted by atomic mass is 32.2. The molecule has 0 spiro atoms. The Balaban J connectivity index is 2.61. The van der Waals surface area contributed by atoms with Crippen molar-refractivity contribution >= 4 is 27.0 Å². The Bertz CT molecular complexity index is 834. The van der Waals surface area contributed by atoms with Crippen LogP contribution in [0.15, 0.2) is 47.3 Å². The molecule has 1 atom stereocenters. The van der Waals surface area contributed by atoms with E-state index >= 15 is 0 Å². The highest BCUT2D eigenvalue weighted by Crippen LogP contribution is 2.40. The Morgan fingerprint density at radius 1 is 1.40 bits per heavy atom. The molecule has 1 aromatic rings. The lowest BCUT2D eigenvalue weighted by molar-refractivity contribution is -0.0425. The number of hydrogen-bond acceptors (Lipinski definition) is 5. The Hall–Kier alpha value is -1.61. The van der Waals surface area contributed by atoms with Gasteiger partial charge in [-0.05, 0) is 31.0 Å². The van der Waals surface area contributed by atoms with Crippen LogP contribution in [0.1, 0.15) is 16.7 Å². The second-order valence-electron chi connectivity index (χ2n) is 5.88. The Kier molecular flexibility index (Phi) is 5.78. The van der Waals surface area contributed by atoms with Crippen LogP contribution < -0.4 is 5.14 Å². The second kappa shape index (κ2) is 7.33. The first-order valence-corrected chi connectivity index (χ1v) is 10.2. The number of nitrogens with zero attached hydrogens (tertiary/aromatic N) is 2. The van der Waals surface area contributed by atoms with E-state index in [1.54, 1.807) is 37.0 Å². The highest BCUT2D eigenvalue weighted by molar-refractivity contribution is 8.14. The van der Waals surface area contributed by atoms with Crippen molar-refractivity contribution in [3.8, 4) is 0 Å². The molecule has 0 amide bonds. The van der Waals surface area contributed by atoms with Crippen molar-refractivity contribution in [2.75, 3.05) is 18.8 Å². The van der Waals surface area contributed by atoms with Crippen molar-refractivity contribution in [2.24, 2.45) is 10.1 Å². The number of aryl methyl sites for hydroxylation is 1. The fraction of sp³-hybridized carbons (Fsp3) is 0.353. The van der Waals surface area contributed by atoms with Crippen LogP contribution >= 0.6 is 11.8 Å². The smallest absolute Gasteiger partial charge is 0.238 e.